The van der Waals surface area contributed by atoms with Gasteiger partial charge in [-0.05, 0) is 35.9 Å². The van der Waals surface area contributed by atoms with Crippen LogP contribution in [0, 0.1) is 11.6 Å². The molecule has 2 N–H and O–H groups in total. The van der Waals surface area contributed by atoms with E-state index in [-0.39, 0.29) is 16.1 Å². The maximum Gasteiger partial charge on any atom is 0.184 e. The van der Waals surface area contributed by atoms with Crippen LogP contribution in [0.25, 0.3) is 0 Å². The number of halogens is 3. The molecule has 0 aliphatic rings. The first kappa shape index (κ1) is 14.9. The van der Waals surface area contributed by atoms with E-state index in [1.807, 2.05) is 0 Å². The molecule has 0 spiro atoms. The van der Waals surface area contributed by atoms with Gasteiger partial charge in [0.2, 0.25) is 0 Å². The van der Waals surface area contributed by atoms with E-state index in [1.165, 1.54) is 18.2 Å². The van der Waals surface area contributed by atoms with Crippen molar-refractivity contribution in [2.75, 3.05) is 5.73 Å². The minimum absolute atomic E-state index is 0.0448. The normalized spacial score (nSPS) is 11.6. The molecule has 0 saturated carbocycles. The molecule has 2 aromatic carbocycles. The zero-order valence-electron chi connectivity index (χ0n) is 10.1. The fourth-order valence-electron chi connectivity index (χ4n) is 1.70. The first-order valence-electron chi connectivity index (χ1n) is 5.51. The Morgan fingerprint density at radius 3 is 2.40 bits per heavy atom. The second kappa shape index (κ2) is 5.49. The molecule has 0 aliphatic heterocycles. The van der Waals surface area contributed by atoms with Crippen molar-refractivity contribution >= 4 is 31.5 Å². The van der Waals surface area contributed by atoms with Gasteiger partial charge in [0.15, 0.2) is 21.5 Å². The number of sulfone groups is 1. The highest BCUT2D eigenvalue weighted by molar-refractivity contribution is 9.10. The SMILES string of the molecule is Nc1ccc(Br)cc1S(=O)(=O)Cc1ccc(F)c(F)c1. The zero-order chi connectivity index (χ0) is 14.9. The molecule has 0 unspecified atom stereocenters. The van der Waals surface area contributed by atoms with Gasteiger partial charge >= 0.3 is 0 Å². The molecular formula is C13H10BrF2NO2S. The maximum atomic E-state index is 13.1. The molecule has 3 nitrogen and oxygen atoms in total. The molecule has 0 heterocycles. The Hall–Kier alpha value is -1.47. The first-order chi connectivity index (χ1) is 9.29. The molecule has 0 aliphatic carbocycles. The molecule has 0 fully saturated rings. The Kier molecular flexibility index (Phi) is 4.10. The van der Waals surface area contributed by atoms with E-state index in [0.717, 1.165) is 12.1 Å². The number of hydrogen-bond acceptors (Lipinski definition) is 3. The summed E-state index contributed by atoms with van der Waals surface area (Å²) in [5, 5.41) is 0. The van der Waals surface area contributed by atoms with E-state index in [2.05, 4.69) is 15.9 Å². The van der Waals surface area contributed by atoms with Crippen LogP contribution in [0.3, 0.4) is 0 Å². The number of rotatable bonds is 3. The van der Waals surface area contributed by atoms with Gasteiger partial charge in [-0.2, -0.15) is 0 Å². The van der Waals surface area contributed by atoms with Crippen LogP contribution in [-0.2, 0) is 15.6 Å². The van der Waals surface area contributed by atoms with Crippen molar-refractivity contribution < 1.29 is 17.2 Å². The van der Waals surface area contributed by atoms with Crippen molar-refractivity contribution in [3.8, 4) is 0 Å². The summed E-state index contributed by atoms with van der Waals surface area (Å²) in [4.78, 5) is -0.0448. The molecule has 0 atom stereocenters. The lowest BCUT2D eigenvalue weighted by Crippen LogP contribution is -2.08. The third kappa shape index (κ3) is 3.16. The van der Waals surface area contributed by atoms with Gasteiger partial charge in [-0.1, -0.05) is 22.0 Å². The second-order valence-corrected chi connectivity index (χ2v) is 7.06. The molecule has 20 heavy (non-hydrogen) atoms. The van der Waals surface area contributed by atoms with Gasteiger partial charge in [0, 0.05) is 4.47 Å². The van der Waals surface area contributed by atoms with Crippen LogP contribution in [-0.4, -0.2) is 8.42 Å². The third-order valence-corrected chi connectivity index (χ3v) is 4.88. The third-order valence-electron chi connectivity index (χ3n) is 2.65. The first-order valence-corrected chi connectivity index (χ1v) is 7.96. The number of hydrogen-bond donors (Lipinski definition) is 1. The van der Waals surface area contributed by atoms with Crippen LogP contribution in [0.15, 0.2) is 45.8 Å². The molecular weight excluding hydrogens is 352 g/mol. The van der Waals surface area contributed by atoms with Gasteiger partial charge in [-0.3, -0.25) is 0 Å². The van der Waals surface area contributed by atoms with Crippen molar-refractivity contribution in [1.82, 2.24) is 0 Å². The molecule has 7 heteroatoms. The van der Waals surface area contributed by atoms with Gasteiger partial charge in [0.1, 0.15) is 0 Å². The standard InChI is InChI=1S/C13H10BrF2NO2S/c14-9-2-4-12(17)13(6-9)20(18,19)7-8-1-3-10(15)11(16)5-8/h1-6H,7,17H2. The zero-order valence-corrected chi connectivity index (χ0v) is 12.5. The summed E-state index contributed by atoms with van der Waals surface area (Å²) >= 11 is 3.17. The molecule has 106 valence electrons. The largest absolute Gasteiger partial charge is 0.398 e. The summed E-state index contributed by atoms with van der Waals surface area (Å²) in [5.41, 5.74) is 5.91. The quantitative estimate of drug-likeness (QED) is 0.853. The average Bonchev–Trinajstić information content (AvgIpc) is 2.36. The van der Waals surface area contributed by atoms with E-state index < -0.39 is 27.2 Å². The van der Waals surface area contributed by atoms with E-state index in [4.69, 9.17) is 5.73 Å². The molecule has 2 aromatic rings. The topological polar surface area (TPSA) is 60.2 Å². The monoisotopic (exact) mass is 361 g/mol. The highest BCUT2D eigenvalue weighted by Crippen LogP contribution is 2.26. The summed E-state index contributed by atoms with van der Waals surface area (Å²) < 4.78 is 51.0. The van der Waals surface area contributed by atoms with Gasteiger partial charge in [0.25, 0.3) is 0 Å². The minimum atomic E-state index is -3.74. The molecule has 0 saturated heterocycles. The Labute approximate surface area is 123 Å². The van der Waals surface area contributed by atoms with Crippen molar-refractivity contribution in [3.05, 3.63) is 58.1 Å². The Bertz CT molecular complexity index is 763. The summed E-state index contributed by atoms with van der Waals surface area (Å²) in [6, 6.07) is 7.44. The molecule has 0 amide bonds. The van der Waals surface area contributed by atoms with Gasteiger partial charge in [-0.25, -0.2) is 17.2 Å². The van der Waals surface area contributed by atoms with E-state index in [9.17, 15) is 17.2 Å². The van der Waals surface area contributed by atoms with E-state index in [1.54, 1.807) is 6.07 Å². The van der Waals surface area contributed by atoms with Crippen LogP contribution in [0.5, 0.6) is 0 Å². The van der Waals surface area contributed by atoms with E-state index >= 15 is 0 Å². The number of anilines is 1. The fourth-order valence-corrected chi connectivity index (χ4v) is 3.72. The van der Waals surface area contributed by atoms with Crippen LogP contribution in [0.1, 0.15) is 5.56 Å². The van der Waals surface area contributed by atoms with Crippen LogP contribution >= 0.6 is 15.9 Å². The number of benzene rings is 2. The predicted molar refractivity (Wildman–Crippen MR) is 75.8 cm³/mol. The summed E-state index contributed by atoms with van der Waals surface area (Å²) in [6.07, 6.45) is 0. The fraction of sp³-hybridized carbons (Fsp3) is 0.0769. The Balaban J connectivity index is 2.40. The highest BCUT2D eigenvalue weighted by atomic mass is 79.9. The van der Waals surface area contributed by atoms with Crippen molar-refractivity contribution in [1.29, 1.82) is 0 Å². The van der Waals surface area contributed by atoms with Crippen molar-refractivity contribution in [2.24, 2.45) is 0 Å². The summed E-state index contributed by atoms with van der Waals surface area (Å²) in [7, 11) is -3.74. The molecule has 2 rings (SSSR count). The maximum absolute atomic E-state index is 13.1. The molecule has 0 radical (unpaired) electrons. The van der Waals surface area contributed by atoms with Gasteiger partial charge < -0.3 is 5.73 Å². The van der Waals surface area contributed by atoms with Gasteiger partial charge in [0.05, 0.1) is 16.3 Å². The molecule has 0 aromatic heterocycles. The number of nitrogens with two attached hydrogens (primary N) is 1. The minimum Gasteiger partial charge on any atom is -0.398 e. The lowest BCUT2D eigenvalue weighted by molar-refractivity contribution is 0.507. The molecule has 0 bridgehead atoms. The summed E-state index contributed by atoms with van der Waals surface area (Å²) in [6.45, 7) is 0. The second-order valence-electron chi connectivity index (χ2n) is 4.19. The highest BCUT2D eigenvalue weighted by Gasteiger charge is 2.19. The van der Waals surface area contributed by atoms with Crippen LogP contribution in [0.4, 0.5) is 14.5 Å². The van der Waals surface area contributed by atoms with E-state index in [0.29, 0.717) is 4.47 Å². The Morgan fingerprint density at radius 2 is 1.75 bits per heavy atom. The lowest BCUT2D eigenvalue weighted by Gasteiger charge is -2.08. The predicted octanol–water partition coefficient (Wildman–Crippen LogP) is 3.28. The smallest absolute Gasteiger partial charge is 0.184 e. The average molecular weight is 362 g/mol. The summed E-state index contributed by atoms with van der Waals surface area (Å²) in [5.74, 6) is -2.56. The van der Waals surface area contributed by atoms with Crippen molar-refractivity contribution in [2.45, 2.75) is 10.6 Å². The van der Waals surface area contributed by atoms with Gasteiger partial charge in [-0.15, -0.1) is 0 Å². The van der Waals surface area contributed by atoms with Crippen LogP contribution in [0.2, 0.25) is 0 Å². The van der Waals surface area contributed by atoms with Crippen LogP contribution < -0.4 is 5.73 Å². The lowest BCUT2D eigenvalue weighted by atomic mass is 10.2. The number of nitrogen functional groups attached to an aromatic ring is 1. The Morgan fingerprint density at radius 1 is 1.05 bits per heavy atom. The van der Waals surface area contributed by atoms with Crippen molar-refractivity contribution in [3.63, 3.8) is 0 Å².